The summed E-state index contributed by atoms with van der Waals surface area (Å²) >= 11 is 0. The number of rotatable bonds is 37. The highest BCUT2D eigenvalue weighted by Crippen LogP contribution is 2.20. The number of nitrogens with zero attached hydrogens (tertiary/aromatic N) is 1. The van der Waals surface area contributed by atoms with E-state index in [1.165, 1.54) is 116 Å². The molecule has 0 aliphatic heterocycles. The highest BCUT2D eigenvalue weighted by molar-refractivity contribution is 5.66. The van der Waals surface area contributed by atoms with Gasteiger partial charge in [-0.15, -0.1) is 0 Å². The highest BCUT2D eigenvalue weighted by Gasteiger charge is 2.26. The van der Waals surface area contributed by atoms with Gasteiger partial charge in [0.15, 0.2) is 0 Å². The van der Waals surface area contributed by atoms with E-state index in [1.54, 1.807) is 0 Å². The predicted molar refractivity (Wildman–Crippen MR) is 189 cm³/mol. The lowest BCUT2D eigenvalue weighted by atomic mass is 10.0. The van der Waals surface area contributed by atoms with E-state index in [0.717, 1.165) is 62.8 Å². The minimum Gasteiger partial charge on any atom is -0.550 e. The molecular weight excluding hydrogens is 578 g/mol. The van der Waals surface area contributed by atoms with Gasteiger partial charge in [0.1, 0.15) is 0 Å². The van der Waals surface area contributed by atoms with Crippen LogP contribution in [0.2, 0.25) is 0 Å². The first-order valence-corrected chi connectivity index (χ1v) is 19.4. The van der Waals surface area contributed by atoms with E-state index in [-0.39, 0.29) is 19.3 Å². The molecule has 0 unspecified atom stereocenters. The van der Waals surface area contributed by atoms with E-state index < -0.39 is 17.9 Å². The lowest BCUT2D eigenvalue weighted by Crippen LogP contribution is -2.51. The molecule has 270 valence electrons. The fraction of sp³-hybridized carbons (Fsp3) is 0.872. The van der Waals surface area contributed by atoms with Gasteiger partial charge in [-0.2, -0.15) is 0 Å². The Bertz CT molecular complexity index is 698. The second-order valence-corrected chi connectivity index (χ2v) is 13.8. The molecule has 0 atom stereocenters. The van der Waals surface area contributed by atoms with E-state index in [4.69, 9.17) is 10.2 Å². The maximum absolute atomic E-state index is 11.0. The summed E-state index contributed by atoms with van der Waals surface area (Å²) in [6.45, 7) is 5.82. The third-order valence-electron chi connectivity index (χ3n) is 9.47. The molecule has 0 aromatic heterocycles. The molecule has 0 radical (unpaired) electrons. The van der Waals surface area contributed by atoms with Crippen LogP contribution < -0.4 is 5.11 Å². The molecule has 0 spiro atoms. The number of carboxylic acids is 3. The van der Waals surface area contributed by atoms with Gasteiger partial charge in [-0.05, 0) is 77.0 Å². The Morgan fingerprint density at radius 1 is 0.457 bits per heavy atom. The summed E-state index contributed by atoms with van der Waals surface area (Å²) in [7, 11) is 0. The third kappa shape index (κ3) is 32.1. The number of quaternary nitrogens is 1. The van der Waals surface area contributed by atoms with Gasteiger partial charge in [-0.25, -0.2) is 0 Å². The summed E-state index contributed by atoms with van der Waals surface area (Å²) in [6.07, 6.45) is 35.9. The highest BCUT2D eigenvalue weighted by atomic mass is 16.4. The van der Waals surface area contributed by atoms with E-state index in [1.807, 2.05) is 0 Å². The molecule has 7 heteroatoms. The fourth-order valence-corrected chi connectivity index (χ4v) is 6.66. The average molecular weight is 652 g/mol. The zero-order chi connectivity index (χ0) is 34.0. The molecule has 2 N–H and O–H groups in total. The molecular formula is C39H73NO6. The standard InChI is InChI=1S/C39H73NO6/c1-2-3-4-5-6-7-8-9-10-11-12-13-14-15-16-17-18-19-20-21-22-26-33-40(34-27-23-30-37(41)42,35-28-24-31-38(43)44)36-29-25-32-39(45)46/h3-4H,2,5-36H2,1H3,(H2-,41,42,43,44,45,46)/b4-3+. The molecule has 0 saturated heterocycles. The summed E-state index contributed by atoms with van der Waals surface area (Å²) < 4.78 is 0.851. The zero-order valence-electron chi connectivity index (χ0n) is 30.0. The van der Waals surface area contributed by atoms with Crippen molar-refractivity contribution in [3.05, 3.63) is 12.2 Å². The van der Waals surface area contributed by atoms with Crippen LogP contribution in [0, 0.1) is 0 Å². The van der Waals surface area contributed by atoms with Crippen molar-refractivity contribution in [2.75, 3.05) is 26.2 Å². The van der Waals surface area contributed by atoms with Crippen molar-refractivity contribution in [1.29, 1.82) is 0 Å². The minimum atomic E-state index is -1.01. The molecule has 46 heavy (non-hydrogen) atoms. The predicted octanol–water partition coefficient (Wildman–Crippen LogP) is 9.61. The van der Waals surface area contributed by atoms with Crippen LogP contribution in [0.5, 0.6) is 0 Å². The van der Waals surface area contributed by atoms with Crippen LogP contribution in [0.3, 0.4) is 0 Å². The number of carboxylic acid groups (broad SMARTS) is 3. The second-order valence-electron chi connectivity index (χ2n) is 13.8. The lowest BCUT2D eigenvalue weighted by Gasteiger charge is -2.39. The van der Waals surface area contributed by atoms with Gasteiger partial charge in [0, 0.05) is 18.8 Å². The summed E-state index contributed by atoms with van der Waals surface area (Å²) in [4.78, 5) is 33.0. The second kappa shape index (κ2) is 33.0. The molecule has 0 amide bonds. The molecule has 0 aromatic carbocycles. The summed E-state index contributed by atoms with van der Waals surface area (Å²) in [5, 5.41) is 29.1. The number of allylic oxidation sites excluding steroid dienone is 2. The van der Waals surface area contributed by atoms with Crippen molar-refractivity contribution >= 4 is 17.9 Å². The average Bonchev–Trinajstić information content (AvgIpc) is 3.02. The Hall–Kier alpha value is -1.89. The SMILES string of the molecule is CC/C=C/CCCCCCCCCCCCCCCCCCCC[N+](CCCCC(=O)[O-])(CCCCC(=O)O)CCCCC(=O)O. The zero-order valence-corrected chi connectivity index (χ0v) is 30.0. The number of carbonyl (C=O) groups is 3. The normalized spacial score (nSPS) is 11.8. The van der Waals surface area contributed by atoms with Crippen molar-refractivity contribution in [3.8, 4) is 0 Å². The molecule has 0 aliphatic rings. The van der Waals surface area contributed by atoms with Crippen LogP contribution in [0.1, 0.15) is 193 Å². The third-order valence-corrected chi connectivity index (χ3v) is 9.47. The van der Waals surface area contributed by atoms with E-state index in [9.17, 15) is 19.5 Å². The van der Waals surface area contributed by atoms with Gasteiger partial charge in [-0.1, -0.05) is 115 Å². The minimum absolute atomic E-state index is 0.0655. The van der Waals surface area contributed by atoms with Crippen LogP contribution in [-0.4, -0.2) is 58.8 Å². The quantitative estimate of drug-likeness (QED) is 0.0393. The maximum Gasteiger partial charge on any atom is 0.303 e. The Kier molecular flexibility index (Phi) is 31.7. The number of hydrogen-bond acceptors (Lipinski definition) is 4. The monoisotopic (exact) mass is 652 g/mol. The molecule has 0 heterocycles. The topological polar surface area (TPSA) is 115 Å². The largest absolute Gasteiger partial charge is 0.550 e. The van der Waals surface area contributed by atoms with E-state index in [0.29, 0.717) is 19.3 Å². The molecule has 0 fully saturated rings. The van der Waals surface area contributed by atoms with Crippen molar-refractivity contribution in [2.45, 2.75) is 193 Å². The maximum atomic E-state index is 11.0. The Morgan fingerprint density at radius 2 is 0.761 bits per heavy atom. The van der Waals surface area contributed by atoms with Gasteiger partial charge in [0.25, 0.3) is 0 Å². The first kappa shape index (κ1) is 44.1. The van der Waals surface area contributed by atoms with E-state index >= 15 is 0 Å². The number of unbranched alkanes of at least 4 members (excludes halogenated alkanes) is 21. The molecule has 0 saturated carbocycles. The van der Waals surface area contributed by atoms with Gasteiger partial charge in [-0.3, -0.25) is 9.59 Å². The summed E-state index contributed by atoms with van der Waals surface area (Å²) in [6, 6.07) is 0. The van der Waals surface area contributed by atoms with Gasteiger partial charge in [0.05, 0.1) is 26.2 Å². The lowest BCUT2D eigenvalue weighted by molar-refractivity contribution is -0.929. The van der Waals surface area contributed by atoms with Crippen molar-refractivity contribution < 1.29 is 34.2 Å². The van der Waals surface area contributed by atoms with Crippen LogP contribution in [0.25, 0.3) is 0 Å². The molecule has 7 nitrogen and oxygen atoms in total. The Morgan fingerprint density at radius 3 is 1.09 bits per heavy atom. The van der Waals surface area contributed by atoms with Crippen LogP contribution in [0.4, 0.5) is 0 Å². The van der Waals surface area contributed by atoms with Crippen molar-refractivity contribution in [2.24, 2.45) is 0 Å². The summed E-state index contributed by atoms with van der Waals surface area (Å²) in [5.74, 6) is -2.56. The van der Waals surface area contributed by atoms with Crippen LogP contribution >= 0.6 is 0 Å². The van der Waals surface area contributed by atoms with Gasteiger partial charge >= 0.3 is 11.9 Å². The number of aliphatic carboxylic acids is 3. The van der Waals surface area contributed by atoms with Crippen LogP contribution in [-0.2, 0) is 14.4 Å². The van der Waals surface area contributed by atoms with Gasteiger partial charge in [0.2, 0.25) is 0 Å². The number of hydrogen-bond donors (Lipinski definition) is 2. The van der Waals surface area contributed by atoms with E-state index in [2.05, 4.69) is 19.1 Å². The van der Waals surface area contributed by atoms with Crippen LogP contribution in [0.15, 0.2) is 12.2 Å². The van der Waals surface area contributed by atoms with Crippen molar-refractivity contribution in [3.63, 3.8) is 0 Å². The number of carbonyl (C=O) groups excluding carboxylic acids is 1. The molecule has 0 aliphatic carbocycles. The Balaban J connectivity index is 4.12. The Labute approximate surface area is 283 Å². The van der Waals surface area contributed by atoms with Gasteiger partial charge < -0.3 is 24.6 Å². The first-order valence-electron chi connectivity index (χ1n) is 19.4. The molecule has 0 aromatic rings. The smallest absolute Gasteiger partial charge is 0.303 e. The van der Waals surface area contributed by atoms with Crippen molar-refractivity contribution in [1.82, 2.24) is 0 Å². The summed E-state index contributed by atoms with van der Waals surface area (Å²) in [5.41, 5.74) is 0. The first-order chi connectivity index (χ1) is 22.3. The molecule has 0 rings (SSSR count). The fourth-order valence-electron chi connectivity index (χ4n) is 6.66. The molecule has 0 bridgehead atoms.